The molecule has 1 aliphatic heterocycles. The first kappa shape index (κ1) is 19.6. The molecular weight excluding hydrogens is 324 g/mol. The van der Waals surface area contributed by atoms with Gasteiger partial charge >= 0.3 is 0 Å². The lowest BCUT2D eigenvalue weighted by molar-refractivity contribution is -0.124. The summed E-state index contributed by atoms with van der Waals surface area (Å²) in [6, 6.07) is 1.67. The number of hydrogen-bond donors (Lipinski definition) is 2. The summed E-state index contributed by atoms with van der Waals surface area (Å²) in [7, 11) is 3.65. The van der Waals surface area contributed by atoms with E-state index >= 15 is 0 Å². The maximum Gasteiger partial charge on any atom is 0.272 e. The number of ether oxygens (including phenoxy) is 1. The fourth-order valence-corrected chi connectivity index (χ4v) is 2.87. The van der Waals surface area contributed by atoms with Gasteiger partial charge in [0.2, 0.25) is 5.95 Å². The number of carbonyl (C=O) groups is 1. The lowest BCUT2D eigenvalue weighted by atomic mass is 9.95. The summed E-state index contributed by atoms with van der Waals surface area (Å²) in [5, 5.41) is 19.9. The van der Waals surface area contributed by atoms with Crippen LogP contribution in [0.4, 0.5) is 5.95 Å². The van der Waals surface area contributed by atoms with Crippen molar-refractivity contribution in [3.8, 4) is 0 Å². The normalized spacial score (nSPS) is 23.4. The minimum Gasteiger partial charge on any atom is -0.390 e. The lowest BCUT2D eigenvalue weighted by Crippen LogP contribution is -2.49. The first-order valence-corrected chi connectivity index (χ1v) is 8.59. The fraction of sp³-hybridized carbons (Fsp3) is 0.706. The molecule has 2 N–H and O–H groups in total. The molecule has 1 aliphatic rings. The second-order valence-electron chi connectivity index (χ2n) is 6.70. The minimum atomic E-state index is -0.918. The van der Waals surface area contributed by atoms with Gasteiger partial charge in [-0.2, -0.15) is 0 Å². The molecule has 8 nitrogen and oxygen atoms in total. The number of carbonyl (C=O) groups excluding carboxylic acids is 1. The topological polar surface area (TPSA) is 99.0 Å². The molecule has 1 saturated heterocycles. The van der Waals surface area contributed by atoms with E-state index in [-0.39, 0.29) is 18.4 Å². The van der Waals surface area contributed by atoms with Gasteiger partial charge in [0.1, 0.15) is 11.8 Å². The highest BCUT2D eigenvalue weighted by molar-refractivity contribution is 5.92. The molecular formula is C17H28N4O4. The van der Waals surface area contributed by atoms with Crippen LogP contribution in [0.15, 0.2) is 6.07 Å². The number of aliphatic hydroxyl groups excluding tert-OH is 2. The van der Waals surface area contributed by atoms with Crippen LogP contribution in [0, 0.1) is 12.8 Å². The van der Waals surface area contributed by atoms with E-state index in [2.05, 4.69) is 9.97 Å². The van der Waals surface area contributed by atoms with E-state index in [4.69, 9.17) is 4.74 Å². The lowest BCUT2D eigenvalue weighted by Gasteiger charge is -2.35. The van der Waals surface area contributed by atoms with E-state index in [1.54, 1.807) is 15.9 Å². The average molecular weight is 352 g/mol. The molecule has 140 valence electrons. The van der Waals surface area contributed by atoms with Gasteiger partial charge in [-0.05, 0) is 19.4 Å². The summed E-state index contributed by atoms with van der Waals surface area (Å²) in [6.07, 6.45) is -1.04. The number of nitrogens with zero attached hydrogens (tertiary/aromatic N) is 4. The molecule has 0 unspecified atom stereocenters. The van der Waals surface area contributed by atoms with Gasteiger partial charge in [0, 0.05) is 38.8 Å². The maximum absolute atomic E-state index is 13.0. The van der Waals surface area contributed by atoms with Gasteiger partial charge in [-0.1, -0.05) is 6.92 Å². The molecule has 8 heteroatoms. The second kappa shape index (κ2) is 8.55. The van der Waals surface area contributed by atoms with Crippen LogP contribution in [0.1, 0.15) is 29.5 Å². The molecule has 0 spiro atoms. The molecule has 0 aliphatic carbocycles. The van der Waals surface area contributed by atoms with Gasteiger partial charge in [0.25, 0.3) is 5.91 Å². The predicted molar refractivity (Wildman–Crippen MR) is 93.6 cm³/mol. The molecule has 2 rings (SSSR count). The third kappa shape index (κ3) is 4.87. The molecule has 0 aromatic carbocycles. The van der Waals surface area contributed by atoms with Gasteiger partial charge in [-0.25, -0.2) is 9.97 Å². The monoisotopic (exact) mass is 352 g/mol. The Labute approximate surface area is 148 Å². The smallest absolute Gasteiger partial charge is 0.272 e. The summed E-state index contributed by atoms with van der Waals surface area (Å²) >= 11 is 0. The third-order valence-corrected chi connectivity index (χ3v) is 4.19. The molecule has 3 atom stereocenters. The van der Waals surface area contributed by atoms with Crippen LogP contribution in [-0.2, 0) is 4.74 Å². The number of aryl methyl sites for hydroxylation is 1. The second-order valence-corrected chi connectivity index (χ2v) is 6.70. The Kier molecular flexibility index (Phi) is 6.69. The molecule has 1 aromatic heterocycles. The van der Waals surface area contributed by atoms with Gasteiger partial charge in [-0.3, -0.25) is 4.79 Å². The Morgan fingerprint density at radius 1 is 1.32 bits per heavy atom. The highest BCUT2D eigenvalue weighted by Gasteiger charge is 2.33. The molecule has 25 heavy (non-hydrogen) atoms. The fourth-order valence-electron chi connectivity index (χ4n) is 2.87. The first-order chi connectivity index (χ1) is 11.8. The van der Waals surface area contributed by atoms with Crippen LogP contribution < -0.4 is 4.90 Å². The average Bonchev–Trinajstić information content (AvgIpc) is 2.57. The number of hydrogen-bond acceptors (Lipinski definition) is 7. The van der Waals surface area contributed by atoms with Crippen LogP contribution in [-0.4, -0.2) is 83.6 Å². The molecule has 0 radical (unpaired) electrons. The van der Waals surface area contributed by atoms with Crippen molar-refractivity contribution in [3.05, 3.63) is 17.5 Å². The van der Waals surface area contributed by atoms with Gasteiger partial charge in [0.15, 0.2) is 0 Å². The number of aliphatic hydroxyl groups is 2. The van der Waals surface area contributed by atoms with Crippen LogP contribution in [0.5, 0.6) is 0 Å². The van der Waals surface area contributed by atoms with Crippen molar-refractivity contribution in [2.24, 2.45) is 5.92 Å². The quantitative estimate of drug-likeness (QED) is 0.747. The van der Waals surface area contributed by atoms with Crippen LogP contribution in [0.3, 0.4) is 0 Å². The Morgan fingerprint density at radius 2 is 2.04 bits per heavy atom. The summed E-state index contributed by atoms with van der Waals surface area (Å²) < 4.78 is 5.32. The van der Waals surface area contributed by atoms with Crippen LogP contribution >= 0.6 is 0 Å². The highest BCUT2D eigenvalue weighted by atomic mass is 16.5. The number of anilines is 1. The largest absolute Gasteiger partial charge is 0.390 e. The zero-order valence-corrected chi connectivity index (χ0v) is 15.3. The Hall–Kier alpha value is -1.77. The van der Waals surface area contributed by atoms with E-state index in [1.807, 2.05) is 27.9 Å². The number of aromatic nitrogens is 2. The van der Waals surface area contributed by atoms with Crippen molar-refractivity contribution >= 4 is 11.9 Å². The Balaban J connectivity index is 2.20. The van der Waals surface area contributed by atoms with Gasteiger partial charge in [0.05, 0.1) is 19.3 Å². The van der Waals surface area contributed by atoms with Gasteiger partial charge in [-0.15, -0.1) is 0 Å². The van der Waals surface area contributed by atoms with E-state index in [0.29, 0.717) is 31.3 Å². The summed E-state index contributed by atoms with van der Waals surface area (Å²) in [4.78, 5) is 25.0. The van der Waals surface area contributed by atoms with E-state index in [1.165, 1.54) is 0 Å². The van der Waals surface area contributed by atoms with Crippen molar-refractivity contribution in [2.75, 3.05) is 45.3 Å². The maximum atomic E-state index is 13.0. The number of rotatable bonds is 6. The minimum absolute atomic E-state index is 0.122. The zero-order chi connectivity index (χ0) is 18.6. The van der Waals surface area contributed by atoms with Crippen molar-refractivity contribution in [1.82, 2.24) is 14.9 Å². The number of amides is 1. The molecule has 0 saturated carbocycles. The van der Waals surface area contributed by atoms with E-state index in [9.17, 15) is 15.0 Å². The van der Waals surface area contributed by atoms with Crippen molar-refractivity contribution < 1.29 is 19.7 Å². The Morgan fingerprint density at radius 3 is 2.68 bits per heavy atom. The predicted octanol–water partition coefficient (Wildman–Crippen LogP) is 0.0714. The highest BCUT2D eigenvalue weighted by Crippen LogP contribution is 2.19. The molecule has 1 aromatic rings. The summed E-state index contributed by atoms with van der Waals surface area (Å²) in [6.45, 7) is 5.10. The SMILES string of the molecule is CCCN(C[C@@H]1COC[C@@H](O)[C@H]1O)C(=O)c1cc(C)nc(N(C)C)n1. The molecule has 1 fully saturated rings. The van der Waals surface area contributed by atoms with E-state index in [0.717, 1.165) is 12.1 Å². The standard InChI is InChI=1S/C17H28N4O4/c1-5-6-21(8-12-9-25-10-14(22)15(12)23)16(24)13-7-11(2)18-17(19-13)20(3)4/h7,12,14-15,22-23H,5-6,8-10H2,1-4H3/t12-,14-,15+/m1/s1. The van der Waals surface area contributed by atoms with E-state index < -0.39 is 12.2 Å². The third-order valence-electron chi connectivity index (χ3n) is 4.19. The zero-order valence-electron chi connectivity index (χ0n) is 15.3. The van der Waals surface area contributed by atoms with Crippen LogP contribution in [0.25, 0.3) is 0 Å². The van der Waals surface area contributed by atoms with Crippen molar-refractivity contribution in [2.45, 2.75) is 32.5 Å². The van der Waals surface area contributed by atoms with Gasteiger partial charge < -0.3 is 24.7 Å². The first-order valence-electron chi connectivity index (χ1n) is 8.59. The summed E-state index contributed by atoms with van der Waals surface area (Å²) in [5.41, 5.74) is 1.05. The van der Waals surface area contributed by atoms with Crippen molar-refractivity contribution in [1.29, 1.82) is 0 Å². The Bertz CT molecular complexity index is 596. The van der Waals surface area contributed by atoms with Crippen molar-refractivity contribution in [3.63, 3.8) is 0 Å². The molecule has 0 bridgehead atoms. The van der Waals surface area contributed by atoms with Crippen LogP contribution in [0.2, 0.25) is 0 Å². The molecule has 2 heterocycles. The summed E-state index contributed by atoms with van der Waals surface area (Å²) in [5.74, 6) is -0.0468. The molecule has 1 amide bonds.